The van der Waals surface area contributed by atoms with Crippen LogP contribution in [0.1, 0.15) is 33.4 Å². The van der Waals surface area contributed by atoms with Gasteiger partial charge >= 0.3 is 0 Å². The average molecular weight is 1870 g/mol. The Morgan fingerprint density at radius 1 is 0.129 bits per heavy atom. The van der Waals surface area contributed by atoms with Gasteiger partial charge < -0.3 is 41.1 Å². The number of hydrogen-bond acceptors (Lipinski definition) is 6. The highest BCUT2D eigenvalue weighted by atomic mass is 15.1. The fraction of sp³-hybridized carbons (Fsp3) is 0. The molecule has 0 atom stereocenters. The van der Waals surface area contributed by atoms with Crippen LogP contribution in [0.2, 0.25) is 0 Å². The van der Waals surface area contributed by atoms with E-state index in [1.165, 1.54) is 5.39 Å². The van der Waals surface area contributed by atoms with E-state index in [0.29, 0.717) is 33.4 Å². The molecule has 15 nitrogen and oxygen atoms in total. The number of nitrogens with zero attached hydrogens (tertiary/aromatic N) is 15. The van der Waals surface area contributed by atoms with Crippen molar-refractivity contribution >= 4 is 196 Å². The van der Waals surface area contributed by atoms with Crippen LogP contribution in [0, 0.1) is 68.0 Å². The van der Waals surface area contributed by atoms with E-state index in [2.05, 4.69) is 405 Å². The minimum Gasteiger partial charge on any atom is -0.309 e. The zero-order chi connectivity index (χ0) is 97.9. The van der Waals surface area contributed by atoms with E-state index in [9.17, 15) is 31.6 Å². The first kappa shape index (κ1) is 83.9. The van der Waals surface area contributed by atoms with Gasteiger partial charge in [0.15, 0.2) is 0 Å². The number of fused-ring (bicyclic) bond motifs is 33. The molecule has 0 aliphatic heterocycles. The van der Waals surface area contributed by atoms with Gasteiger partial charge in [-0.3, -0.25) is 0 Å². The van der Waals surface area contributed by atoms with E-state index in [-0.39, 0.29) is 0 Å². The molecule has 0 fully saturated rings. The van der Waals surface area contributed by atoms with Crippen LogP contribution >= 0.6 is 0 Å². The smallest absolute Gasteiger partial charge is 0.101 e. The number of benzene rings is 21. The molecule has 0 aliphatic carbocycles. The first-order valence-corrected chi connectivity index (χ1v) is 48.7. The molecule has 0 amide bonds. The van der Waals surface area contributed by atoms with Crippen LogP contribution < -0.4 is 0 Å². The van der Waals surface area contributed by atoms with E-state index in [0.717, 1.165) is 242 Å². The van der Waals surface area contributed by atoms with Gasteiger partial charge in [0, 0.05) is 142 Å². The average Bonchev–Trinajstić information content (AvgIpc) is 1.53. The molecule has 678 valence electrons. The predicted octanol–water partition coefficient (Wildman–Crippen LogP) is 32.2. The molecule has 147 heavy (non-hydrogen) atoms. The van der Waals surface area contributed by atoms with Gasteiger partial charge in [0.25, 0.3) is 0 Å². The summed E-state index contributed by atoms with van der Waals surface area (Å²) >= 11 is 0. The zero-order valence-electron chi connectivity index (χ0n) is 78.5. The van der Waals surface area contributed by atoms with Crippen LogP contribution in [0.15, 0.2) is 455 Å². The van der Waals surface area contributed by atoms with Gasteiger partial charge in [-0.2, -0.15) is 31.6 Å². The van der Waals surface area contributed by atoms with Crippen LogP contribution in [0.4, 0.5) is 0 Å². The fourth-order valence-corrected chi connectivity index (χ4v) is 23.7. The van der Waals surface area contributed by atoms with Crippen molar-refractivity contribution in [1.82, 2.24) is 41.1 Å². The van der Waals surface area contributed by atoms with Gasteiger partial charge in [0.1, 0.15) is 6.07 Å². The monoisotopic (exact) mass is 1870 g/mol. The molecule has 0 N–H and O–H groups in total. The maximum Gasteiger partial charge on any atom is 0.101 e. The molecule has 9 heterocycles. The van der Waals surface area contributed by atoms with Crippen molar-refractivity contribution in [2.45, 2.75) is 0 Å². The summed E-state index contributed by atoms with van der Waals surface area (Å²) in [5, 5.41) is 79.7. The maximum atomic E-state index is 10.1. The predicted molar refractivity (Wildman–Crippen MR) is 597 cm³/mol. The minimum atomic E-state index is 0.611. The topological polar surface area (TPSA) is 187 Å². The normalized spacial score (nSPS) is 11.6. The molecule has 30 aromatic rings. The Bertz CT molecular complexity index is 11200. The first-order valence-electron chi connectivity index (χ1n) is 48.7. The number of aromatic nitrogens is 9. The first-order chi connectivity index (χ1) is 72.8. The van der Waals surface area contributed by atoms with Gasteiger partial charge in [-0.1, -0.05) is 224 Å². The maximum absolute atomic E-state index is 10.1. The van der Waals surface area contributed by atoms with Crippen molar-refractivity contribution in [3.8, 4) is 87.6 Å². The molecule has 0 saturated heterocycles. The summed E-state index contributed by atoms with van der Waals surface area (Å²) in [6.45, 7) is 0. The molecule has 9 aromatic heterocycles. The molecule has 15 heteroatoms. The van der Waals surface area contributed by atoms with Gasteiger partial charge in [-0.25, -0.2) is 0 Å². The molecular formula is C132H75N15. The van der Waals surface area contributed by atoms with E-state index in [1.807, 2.05) is 127 Å². The molecule has 0 bridgehead atoms. The second-order valence-corrected chi connectivity index (χ2v) is 37.2. The zero-order valence-corrected chi connectivity index (χ0v) is 78.5. The molecule has 30 rings (SSSR count). The van der Waals surface area contributed by atoms with Crippen molar-refractivity contribution in [2.75, 3.05) is 0 Å². The summed E-state index contributed by atoms with van der Waals surface area (Å²) in [5.41, 5.74) is 32.3. The van der Waals surface area contributed by atoms with Crippen molar-refractivity contribution in [1.29, 1.82) is 31.6 Å². The molecule has 0 saturated carbocycles. The van der Waals surface area contributed by atoms with Gasteiger partial charge in [0.05, 0.1) is 169 Å². The quantitative estimate of drug-likeness (QED) is 0.138. The largest absolute Gasteiger partial charge is 0.309 e. The van der Waals surface area contributed by atoms with Crippen molar-refractivity contribution in [3.63, 3.8) is 0 Å². The lowest BCUT2D eigenvalue weighted by molar-refractivity contribution is 1.16. The van der Waals surface area contributed by atoms with Crippen molar-refractivity contribution in [2.24, 2.45) is 0 Å². The van der Waals surface area contributed by atoms with Crippen molar-refractivity contribution in [3.05, 3.63) is 488 Å². The van der Waals surface area contributed by atoms with Crippen LogP contribution in [0.25, 0.3) is 247 Å². The van der Waals surface area contributed by atoms with Gasteiger partial charge in [-0.15, -0.1) is 0 Å². The second kappa shape index (κ2) is 33.2. The molecular weight excluding hydrogens is 1800 g/mol. The Morgan fingerprint density at radius 3 is 0.667 bits per heavy atom. The van der Waals surface area contributed by atoms with Crippen LogP contribution in [0.3, 0.4) is 0 Å². The summed E-state index contributed by atoms with van der Waals surface area (Å²) in [5.74, 6) is 0. The summed E-state index contributed by atoms with van der Waals surface area (Å²) < 4.78 is 21.0. The van der Waals surface area contributed by atoms with Gasteiger partial charge in [0.2, 0.25) is 0 Å². The minimum absolute atomic E-state index is 0.611. The van der Waals surface area contributed by atoms with E-state index in [4.69, 9.17) is 0 Å². The number of para-hydroxylation sites is 10. The Kier molecular flexibility index (Phi) is 19.0. The van der Waals surface area contributed by atoms with Crippen LogP contribution in [-0.2, 0) is 0 Å². The third-order valence-electron chi connectivity index (χ3n) is 29.6. The Balaban J connectivity index is 0.000000107. The Hall–Kier alpha value is -21.2. The van der Waals surface area contributed by atoms with Crippen LogP contribution in [-0.4, -0.2) is 41.1 Å². The Morgan fingerprint density at radius 2 is 0.354 bits per heavy atom. The number of hydrogen-bond donors (Lipinski definition) is 0. The molecule has 0 aliphatic rings. The third-order valence-corrected chi connectivity index (χ3v) is 29.6. The number of rotatable bonds is 9. The van der Waals surface area contributed by atoms with E-state index < -0.39 is 0 Å². The Labute approximate surface area is 839 Å². The lowest BCUT2D eigenvalue weighted by atomic mass is 10.0. The van der Waals surface area contributed by atoms with Crippen LogP contribution in [0.5, 0.6) is 0 Å². The van der Waals surface area contributed by atoms with Gasteiger partial charge in [-0.05, 0) is 231 Å². The standard InChI is InChI=1S/3C44H25N5/c45-26-28-10-9-15-32(24-28)48-37-17-8-7-16-35(37)41-39(48)22-19-33-34-20-23-40-42(44(34)49(43(33)41)31-13-5-2-6-14-31)36-25-29(27-46)18-21-38(36)47(40)30-11-3-1-4-12-30;45-26-28-15-18-32(19-16-28)49-43-33(20-23-39-41(43)35-13-7-8-14-37(35)47(39)30-9-3-1-4-10-30)34-21-24-40-42(44(34)49)36-25-29(27-46)17-22-38(36)48(40)31-11-5-2-6-12-31;45-26-28-11-10-15-31(25-28)47-37-19-8-5-16-34(37)41-39(47)23-21-32-33-22-24-40-42(44(33)48(43(32)41)30-13-2-1-3-14-30)35-17-6-9-20-38(35)49(40)36-18-7-4-12-29(36)27-46/h3*1-25H. The van der Waals surface area contributed by atoms with E-state index in [1.54, 1.807) is 0 Å². The highest BCUT2D eigenvalue weighted by Crippen LogP contribution is 2.52. The number of nitriles is 6. The summed E-state index contributed by atoms with van der Waals surface area (Å²) in [6, 6.07) is 171. The van der Waals surface area contributed by atoms with Crippen molar-refractivity contribution < 1.29 is 0 Å². The molecule has 21 aromatic carbocycles. The lowest BCUT2D eigenvalue weighted by Gasteiger charge is -2.11. The summed E-state index contributed by atoms with van der Waals surface area (Å²) in [6.07, 6.45) is 0. The summed E-state index contributed by atoms with van der Waals surface area (Å²) in [4.78, 5) is 0. The molecule has 0 unspecified atom stereocenters. The van der Waals surface area contributed by atoms with E-state index >= 15 is 0 Å². The lowest BCUT2D eigenvalue weighted by Crippen LogP contribution is -1.97. The molecule has 0 spiro atoms. The SMILES string of the molecule is N#Cc1ccc(-n2c3c(ccc4c3c3ccccc3n4-c3ccccc3)c3ccc4c(c5cc(C#N)ccc5n4-c4ccccc4)c32)cc1.N#Cc1cccc(-n2c3ccccc3c3c2ccc2c4ccc5c(c6cc(C#N)ccc6n5-c5ccccc5)c4n(-c4ccccc4)c23)c1.N#Cc1cccc(-n2c3ccccc3c3c2ccc2c4ccc5c(c6ccccc6n5-c5ccccc5C#N)c4n(-c4ccccc4)c23)c1. The summed E-state index contributed by atoms with van der Waals surface area (Å²) in [7, 11) is 0. The second-order valence-electron chi connectivity index (χ2n) is 37.2. The fourth-order valence-electron chi connectivity index (χ4n) is 23.7. The highest BCUT2D eigenvalue weighted by Gasteiger charge is 2.31. The molecule has 0 radical (unpaired) electrons. The third kappa shape index (κ3) is 12.5. The highest BCUT2D eigenvalue weighted by molar-refractivity contribution is 6.36.